The van der Waals surface area contributed by atoms with E-state index in [-0.39, 0.29) is 0 Å². The average Bonchev–Trinajstić information content (AvgIpc) is 2.82. The second kappa shape index (κ2) is 4.49. The number of nitrogens with two attached hydrogens (primary N) is 1. The molecule has 1 atom stereocenters. The quantitative estimate of drug-likeness (QED) is 0.882. The van der Waals surface area contributed by atoms with Gasteiger partial charge in [-0.25, -0.2) is 0 Å². The molecule has 1 aliphatic rings. The van der Waals surface area contributed by atoms with Crippen LogP contribution in [0.25, 0.3) is 0 Å². The third kappa shape index (κ3) is 1.84. The van der Waals surface area contributed by atoms with Crippen LogP contribution < -0.4 is 15.4 Å². The molecular formula is C11H19N3OS. The molecule has 0 spiro atoms. The van der Waals surface area contributed by atoms with E-state index in [0.717, 1.165) is 17.3 Å². The molecule has 1 aromatic rings. The van der Waals surface area contributed by atoms with Crippen molar-refractivity contribution < 1.29 is 4.74 Å². The normalized spacial score (nSPS) is 20.8. The predicted octanol–water partition coefficient (Wildman–Crippen LogP) is 2.36. The van der Waals surface area contributed by atoms with Gasteiger partial charge >= 0.3 is 0 Å². The van der Waals surface area contributed by atoms with Crippen molar-refractivity contribution in [1.82, 2.24) is 4.37 Å². The van der Waals surface area contributed by atoms with Crippen LogP contribution in [0.4, 0.5) is 10.8 Å². The van der Waals surface area contributed by atoms with Crippen LogP contribution >= 0.6 is 11.5 Å². The summed E-state index contributed by atoms with van der Waals surface area (Å²) in [6.07, 6.45) is 2.49. The highest BCUT2D eigenvalue weighted by atomic mass is 32.1. The Morgan fingerprint density at radius 1 is 1.56 bits per heavy atom. The van der Waals surface area contributed by atoms with Gasteiger partial charge in [-0.15, -0.1) is 0 Å². The summed E-state index contributed by atoms with van der Waals surface area (Å²) < 4.78 is 9.52. The van der Waals surface area contributed by atoms with Gasteiger partial charge in [-0.3, -0.25) is 0 Å². The van der Waals surface area contributed by atoms with Gasteiger partial charge in [-0.05, 0) is 30.3 Å². The molecule has 90 valence electrons. The summed E-state index contributed by atoms with van der Waals surface area (Å²) >= 11 is 1.45. The van der Waals surface area contributed by atoms with E-state index >= 15 is 0 Å². The van der Waals surface area contributed by atoms with Gasteiger partial charge in [0.15, 0.2) is 16.6 Å². The lowest BCUT2D eigenvalue weighted by Crippen LogP contribution is -2.32. The maximum atomic E-state index is 5.79. The average molecular weight is 241 g/mol. The van der Waals surface area contributed by atoms with Gasteiger partial charge in [0.05, 0.1) is 7.11 Å². The van der Waals surface area contributed by atoms with Crippen LogP contribution in [-0.4, -0.2) is 24.1 Å². The second-order valence-electron chi connectivity index (χ2n) is 4.55. The summed E-state index contributed by atoms with van der Waals surface area (Å²) in [6, 6.07) is 0.591. The minimum absolute atomic E-state index is 0.511. The van der Waals surface area contributed by atoms with E-state index in [0.29, 0.717) is 17.8 Å². The van der Waals surface area contributed by atoms with E-state index in [9.17, 15) is 0 Å². The lowest BCUT2D eigenvalue weighted by Gasteiger charge is -2.28. The molecule has 2 N–H and O–H groups in total. The summed E-state index contributed by atoms with van der Waals surface area (Å²) in [4.78, 5) is 2.40. The Morgan fingerprint density at radius 2 is 2.31 bits per heavy atom. The molecule has 2 heterocycles. The zero-order chi connectivity index (χ0) is 11.7. The zero-order valence-corrected chi connectivity index (χ0v) is 10.9. The van der Waals surface area contributed by atoms with E-state index in [4.69, 9.17) is 10.5 Å². The Bertz CT molecular complexity index is 364. The number of methoxy groups -OCH3 is 1. The monoisotopic (exact) mass is 241 g/mol. The van der Waals surface area contributed by atoms with Gasteiger partial charge in [0.25, 0.3) is 0 Å². The molecule has 5 heteroatoms. The fraction of sp³-hybridized carbons (Fsp3) is 0.727. The number of hydrogen-bond acceptors (Lipinski definition) is 5. The SMILES string of the molecule is COc1c(N)nsc1N1CCCC1C(C)C. The van der Waals surface area contributed by atoms with Crippen LogP contribution in [0.5, 0.6) is 5.75 Å². The molecule has 1 saturated heterocycles. The number of rotatable bonds is 3. The Kier molecular flexibility index (Phi) is 3.23. The highest BCUT2D eigenvalue weighted by molar-refractivity contribution is 7.11. The van der Waals surface area contributed by atoms with Gasteiger partial charge in [0.1, 0.15) is 0 Å². The van der Waals surface area contributed by atoms with Crippen molar-refractivity contribution in [2.24, 2.45) is 5.92 Å². The number of hydrogen-bond donors (Lipinski definition) is 1. The van der Waals surface area contributed by atoms with E-state index < -0.39 is 0 Å². The standard InChI is InChI=1S/C11H19N3OS/c1-7(2)8-5-4-6-14(8)11-9(15-3)10(12)13-16-11/h7-8H,4-6H2,1-3H3,(H2,12,13). The van der Waals surface area contributed by atoms with Crippen molar-refractivity contribution in [3.63, 3.8) is 0 Å². The molecule has 0 aliphatic carbocycles. The summed E-state index contributed by atoms with van der Waals surface area (Å²) in [7, 11) is 1.66. The van der Waals surface area contributed by atoms with E-state index in [1.807, 2.05) is 0 Å². The summed E-state index contributed by atoms with van der Waals surface area (Å²) in [5.41, 5.74) is 5.79. The van der Waals surface area contributed by atoms with E-state index in [1.165, 1.54) is 24.4 Å². The van der Waals surface area contributed by atoms with Crippen molar-refractivity contribution in [3.05, 3.63) is 0 Å². The number of ether oxygens (including phenoxy) is 1. The number of nitrogens with zero attached hydrogens (tertiary/aromatic N) is 2. The Balaban J connectivity index is 2.29. The van der Waals surface area contributed by atoms with Crippen LogP contribution in [0.15, 0.2) is 0 Å². The molecule has 0 radical (unpaired) electrons. The second-order valence-corrected chi connectivity index (χ2v) is 5.31. The minimum Gasteiger partial charge on any atom is -0.490 e. The topological polar surface area (TPSA) is 51.4 Å². The molecule has 0 saturated carbocycles. The van der Waals surface area contributed by atoms with Gasteiger partial charge in [0, 0.05) is 12.6 Å². The highest BCUT2D eigenvalue weighted by Gasteiger charge is 2.31. The third-order valence-corrected chi connectivity index (χ3v) is 4.07. The maximum Gasteiger partial charge on any atom is 0.197 e. The fourth-order valence-corrected chi connectivity index (χ4v) is 3.27. The Labute approximate surface area is 101 Å². The molecule has 1 fully saturated rings. The zero-order valence-electron chi connectivity index (χ0n) is 10.1. The molecule has 1 aliphatic heterocycles. The first-order chi connectivity index (χ1) is 7.65. The van der Waals surface area contributed by atoms with Gasteiger partial charge in [0.2, 0.25) is 0 Å². The van der Waals surface area contributed by atoms with Crippen molar-refractivity contribution in [2.45, 2.75) is 32.7 Å². The Morgan fingerprint density at radius 3 is 2.94 bits per heavy atom. The molecule has 0 bridgehead atoms. The van der Waals surface area contributed by atoms with Crippen LogP contribution in [0.2, 0.25) is 0 Å². The smallest absolute Gasteiger partial charge is 0.197 e. The summed E-state index contributed by atoms with van der Waals surface area (Å²) in [6.45, 7) is 5.61. The van der Waals surface area contributed by atoms with Crippen LogP contribution in [0, 0.1) is 5.92 Å². The summed E-state index contributed by atoms with van der Waals surface area (Å²) in [5, 5.41) is 1.09. The van der Waals surface area contributed by atoms with Crippen LogP contribution in [0.1, 0.15) is 26.7 Å². The van der Waals surface area contributed by atoms with E-state index in [1.54, 1.807) is 7.11 Å². The van der Waals surface area contributed by atoms with Crippen LogP contribution in [0.3, 0.4) is 0 Å². The molecule has 4 nitrogen and oxygen atoms in total. The number of aromatic nitrogens is 1. The minimum atomic E-state index is 0.511. The molecule has 2 rings (SSSR count). The van der Waals surface area contributed by atoms with Crippen molar-refractivity contribution in [2.75, 3.05) is 24.3 Å². The molecule has 1 unspecified atom stereocenters. The lowest BCUT2D eigenvalue weighted by atomic mass is 10.0. The molecule has 1 aromatic heterocycles. The third-order valence-electron chi connectivity index (χ3n) is 3.19. The first-order valence-electron chi connectivity index (χ1n) is 5.71. The number of anilines is 2. The molecule has 0 amide bonds. The maximum absolute atomic E-state index is 5.79. The lowest BCUT2D eigenvalue weighted by molar-refractivity contribution is 0.414. The van der Waals surface area contributed by atoms with Crippen molar-refractivity contribution in [1.29, 1.82) is 0 Å². The largest absolute Gasteiger partial charge is 0.490 e. The molecule has 16 heavy (non-hydrogen) atoms. The van der Waals surface area contributed by atoms with Crippen molar-refractivity contribution in [3.8, 4) is 5.75 Å². The van der Waals surface area contributed by atoms with Crippen molar-refractivity contribution >= 4 is 22.4 Å². The summed E-state index contributed by atoms with van der Waals surface area (Å²) in [5.74, 6) is 1.91. The highest BCUT2D eigenvalue weighted by Crippen LogP contribution is 2.42. The molecular weight excluding hydrogens is 222 g/mol. The van der Waals surface area contributed by atoms with E-state index in [2.05, 4.69) is 23.1 Å². The first kappa shape index (κ1) is 11.5. The first-order valence-corrected chi connectivity index (χ1v) is 6.48. The predicted molar refractivity (Wildman–Crippen MR) is 68.3 cm³/mol. The van der Waals surface area contributed by atoms with Gasteiger partial charge in [-0.1, -0.05) is 13.8 Å². The van der Waals surface area contributed by atoms with Gasteiger partial charge in [-0.2, -0.15) is 4.37 Å². The van der Waals surface area contributed by atoms with Gasteiger partial charge < -0.3 is 15.4 Å². The molecule has 0 aromatic carbocycles. The Hall–Kier alpha value is -0.970. The van der Waals surface area contributed by atoms with Crippen LogP contribution in [-0.2, 0) is 0 Å². The number of nitrogen functional groups attached to an aromatic ring is 1. The fourth-order valence-electron chi connectivity index (χ4n) is 2.40.